The van der Waals surface area contributed by atoms with Gasteiger partial charge in [-0.2, -0.15) is 0 Å². The fraction of sp³-hybridized carbons (Fsp3) is 0.240. The van der Waals surface area contributed by atoms with Crippen LogP contribution in [0, 0.1) is 0 Å². The average molecular weight is 438 g/mol. The van der Waals surface area contributed by atoms with Gasteiger partial charge in [0, 0.05) is 12.7 Å². The molecule has 3 aromatic rings. The highest BCUT2D eigenvalue weighted by Crippen LogP contribution is 2.19. The maximum atomic E-state index is 12.5. The number of amides is 1. The first-order valence-electron chi connectivity index (χ1n) is 10.2. The number of sulfone groups is 1. The fourth-order valence-electron chi connectivity index (χ4n) is 3.26. The molecular weight excluding hydrogens is 410 g/mol. The zero-order valence-electron chi connectivity index (χ0n) is 17.5. The van der Waals surface area contributed by atoms with E-state index in [0.717, 1.165) is 17.5 Å². The van der Waals surface area contributed by atoms with E-state index in [1.165, 1.54) is 18.4 Å². The van der Waals surface area contributed by atoms with Gasteiger partial charge in [-0.25, -0.2) is 8.42 Å². The van der Waals surface area contributed by atoms with Crippen LogP contribution in [0.25, 0.3) is 0 Å². The van der Waals surface area contributed by atoms with E-state index in [-0.39, 0.29) is 16.8 Å². The lowest BCUT2D eigenvalue weighted by molar-refractivity contribution is -0.122. The third kappa shape index (κ3) is 7.26. The Morgan fingerprint density at radius 3 is 2.13 bits per heavy atom. The number of hydrogen-bond acceptors (Lipinski definition) is 4. The molecular formula is C25H27NO4S. The first kappa shape index (κ1) is 22.6. The Bertz CT molecular complexity index is 1070. The number of hydrogen-bond donors (Lipinski definition) is 1. The zero-order chi connectivity index (χ0) is 22.1. The molecule has 3 aromatic carbocycles. The minimum Gasteiger partial charge on any atom is -0.494 e. The molecule has 1 atom stereocenters. The van der Waals surface area contributed by atoms with Crippen LogP contribution in [0.5, 0.6) is 5.75 Å². The van der Waals surface area contributed by atoms with Crippen LogP contribution in [0.4, 0.5) is 0 Å². The third-order valence-electron chi connectivity index (χ3n) is 4.89. The predicted octanol–water partition coefficient (Wildman–Crippen LogP) is 4.35. The maximum Gasteiger partial charge on any atom is 0.220 e. The standard InChI is InChI=1S/C25H27NO4S/c1-31(28,29)23-16-14-22(15-17-23)30-18-8-13-25(27)26-24(21-11-6-3-7-12-21)19-20-9-4-2-5-10-20/h2-7,9-12,14-17,24H,8,13,18-19H2,1H3,(H,26,27). The van der Waals surface area contributed by atoms with Crippen molar-refractivity contribution in [2.75, 3.05) is 12.9 Å². The Kier molecular flexibility index (Phi) is 7.84. The highest BCUT2D eigenvalue weighted by atomic mass is 32.2. The van der Waals surface area contributed by atoms with Gasteiger partial charge in [0.05, 0.1) is 17.5 Å². The van der Waals surface area contributed by atoms with Crippen LogP contribution < -0.4 is 10.1 Å². The van der Waals surface area contributed by atoms with Crippen molar-refractivity contribution in [3.63, 3.8) is 0 Å². The molecule has 31 heavy (non-hydrogen) atoms. The van der Waals surface area contributed by atoms with E-state index in [2.05, 4.69) is 17.4 Å². The van der Waals surface area contributed by atoms with Gasteiger partial charge in [-0.1, -0.05) is 60.7 Å². The maximum absolute atomic E-state index is 12.5. The summed E-state index contributed by atoms with van der Waals surface area (Å²) >= 11 is 0. The average Bonchev–Trinajstić information content (AvgIpc) is 2.77. The fourth-order valence-corrected chi connectivity index (χ4v) is 3.89. The molecule has 6 heteroatoms. The molecule has 162 valence electrons. The normalized spacial score (nSPS) is 12.2. The third-order valence-corrected chi connectivity index (χ3v) is 6.02. The molecule has 1 amide bonds. The van der Waals surface area contributed by atoms with Crippen LogP contribution in [-0.2, 0) is 21.1 Å². The molecule has 0 aromatic heterocycles. The summed E-state index contributed by atoms with van der Waals surface area (Å²) in [4.78, 5) is 12.8. The van der Waals surface area contributed by atoms with E-state index in [1.54, 1.807) is 12.1 Å². The van der Waals surface area contributed by atoms with Crippen LogP contribution >= 0.6 is 0 Å². The molecule has 5 nitrogen and oxygen atoms in total. The van der Waals surface area contributed by atoms with Gasteiger partial charge in [-0.3, -0.25) is 4.79 Å². The Labute approximate surface area is 184 Å². The Morgan fingerprint density at radius 1 is 0.903 bits per heavy atom. The molecule has 0 saturated heterocycles. The lowest BCUT2D eigenvalue weighted by Crippen LogP contribution is -2.30. The lowest BCUT2D eigenvalue weighted by Gasteiger charge is -2.19. The number of nitrogens with one attached hydrogen (secondary N) is 1. The van der Waals surface area contributed by atoms with Crippen LogP contribution in [0.15, 0.2) is 89.8 Å². The zero-order valence-corrected chi connectivity index (χ0v) is 18.3. The Hall–Kier alpha value is -3.12. The van der Waals surface area contributed by atoms with Crippen molar-refractivity contribution in [1.82, 2.24) is 5.32 Å². The van der Waals surface area contributed by atoms with Gasteiger partial charge in [0.15, 0.2) is 9.84 Å². The van der Waals surface area contributed by atoms with E-state index < -0.39 is 9.84 Å². The molecule has 0 fully saturated rings. The number of ether oxygens (including phenoxy) is 1. The molecule has 1 N–H and O–H groups in total. The van der Waals surface area contributed by atoms with Crippen molar-refractivity contribution in [1.29, 1.82) is 0 Å². The quantitative estimate of drug-likeness (QED) is 0.479. The van der Waals surface area contributed by atoms with Gasteiger partial charge in [0.1, 0.15) is 5.75 Å². The minimum absolute atomic E-state index is 0.0270. The molecule has 0 heterocycles. The molecule has 0 spiro atoms. The van der Waals surface area contributed by atoms with Crippen molar-refractivity contribution in [3.8, 4) is 5.75 Å². The summed E-state index contributed by atoms with van der Waals surface area (Å²) in [5.74, 6) is 0.555. The van der Waals surface area contributed by atoms with Crippen LogP contribution in [0.1, 0.15) is 30.0 Å². The molecule has 0 bridgehead atoms. The van der Waals surface area contributed by atoms with Gasteiger partial charge in [-0.05, 0) is 48.2 Å². The van der Waals surface area contributed by atoms with Gasteiger partial charge < -0.3 is 10.1 Å². The summed E-state index contributed by atoms with van der Waals surface area (Å²) in [6.07, 6.45) is 2.80. The predicted molar refractivity (Wildman–Crippen MR) is 122 cm³/mol. The van der Waals surface area contributed by atoms with E-state index in [4.69, 9.17) is 4.74 Å². The van der Waals surface area contributed by atoms with E-state index in [9.17, 15) is 13.2 Å². The van der Waals surface area contributed by atoms with Crippen molar-refractivity contribution >= 4 is 15.7 Å². The summed E-state index contributed by atoms with van der Waals surface area (Å²) < 4.78 is 28.6. The SMILES string of the molecule is CS(=O)(=O)c1ccc(OCCCC(=O)NC(Cc2ccccc2)c2ccccc2)cc1. The number of rotatable bonds is 10. The topological polar surface area (TPSA) is 72.5 Å². The highest BCUT2D eigenvalue weighted by Gasteiger charge is 2.15. The largest absolute Gasteiger partial charge is 0.494 e. The van der Waals surface area contributed by atoms with Gasteiger partial charge in [-0.15, -0.1) is 0 Å². The van der Waals surface area contributed by atoms with Crippen molar-refractivity contribution in [2.24, 2.45) is 0 Å². The van der Waals surface area contributed by atoms with Crippen molar-refractivity contribution < 1.29 is 17.9 Å². The second-order valence-electron chi connectivity index (χ2n) is 7.42. The van der Waals surface area contributed by atoms with E-state index in [1.807, 2.05) is 48.5 Å². The summed E-state index contributed by atoms with van der Waals surface area (Å²) in [5, 5.41) is 3.14. The molecule has 0 aliphatic rings. The molecule has 1 unspecified atom stereocenters. The molecule has 0 aliphatic heterocycles. The number of carbonyl (C=O) groups excluding carboxylic acids is 1. The second-order valence-corrected chi connectivity index (χ2v) is 9.43. The summed E-state index contributed by atoms with van der Waals surface area (Å²) in [5.41, 5.74) is 2.24. The Morgan fingerprint density at radius 2 is 1.52 bits per heavy atom. The second kappa shape index (κ2) is 10.8. The van der Waals surface area contributed by atoms with Crippen molar-refractivity contribution in [2.45, 2.75) is 30.2 Å². The molecule has 0 radical (unpaired) electrons. The van der Waals surface area contributed by atoms with Crippen molar-refractivity contribution in [3.05, 3.63) is 96.1 Å². The van der Waals surface area contributed by atoms with Crippen LogP contribution in [0.3, 0.4) is 0 Å². The van der Waals surface area contributed by atoms with Gasteiger partial charge in [0.2, 0.25) is 5.91 Å². The lowest BCUT2D eigenvalue weighted by atomic mass is 9.98. The van der Waals surface area contributed by atoms with Crippen LogP contribution in [0.2, 0.25) is 0 Å². The first-order chi connectivity index (χ1) is 14.9. The summed E-state index contributed by atoms with van der Waals surface area (Å²) in [6.45, 7) is 0.375. The monoisotopic (exact) mass is 437 g/mol. The number of carbonyl (C=O) groups is 1. The molecule has 0 saturated carbocycles. The summed E-state index contributed by atoms with van der Waals surface area (Å²) in [6, 6.07) is 26.3. The smallest absolute Gasteiger partial charge is 0.220 e. The first-order valence-corrected chi connectivity index (χ1v) is 12.1. The van der Waals surface area contributed by atoms with Crippen LogP contribution in [-0.4, -0.2) is 27.2 Å². The molecule has 0 aliphatic carbocycles. The number of benzene rings is 3. The highest BCUT2D eigenvalue weighted by molar-refractivity contribution is 7.90. The van der Waals surface area contributed by atoms with E-state index >= 15 is 0 Å². The minimum atomic E-state index is -3.22. The van der Waals surface area contributed by atoms with E-state index in [0.29, 0.717) is 25.2 Å². The van der Waals surface area contributed by atoms with Gasteiger partial charge >= 0.3 is 0 Å². The summed E-state index contributed by atoms with van der Waals surface area (Å²) in [7, 11) is -3.22. The molecule has 3 rings (SSSR count). The van der Waals surface area contributed by atoms with Gasteiger partial charge in [0.25, 0.3) is 0 Å². The Balaban J connectivity index is 1.50.